The van der Waals surface area contributed by atoms with E-state index in [0.29, 0.717) is 29.7 Å². The van der Waals surface area contributed by atoms with Gasteiger partial charge < -0.3 is 19.1 Å². The van der Waals surface area contributed by atoms with E-state index >= 15 is 35.1 Å². The number of benzene rings is 8. The van der Waals surface area contributed by atoms with Gasteiger partial charge in [-0.1, -0.05) is 109 Å². The summed E-state index contributed by atoms with van der Waals surface area (Å²) >= 11 is 0. The molecule has 0 atom stereocenters. The second-order valence-electron chi connectivity index (χ2n) is 21.9. The Balaban J connectivity index is 0.00000753. The summed E-state index contributed by atoms with van der Waals surface area (Å²) in [7, 11) is 0. The Hall–Kier alpha value is -7.90. The summed E-state index contributed by atoms with van der Waals surface area (Å²) in [4.78, 5) is 7.49. The summed E-state index contributed by atoms with van der Waals surface area (Å²) < 4.78 is 166. The molecule has 0 aliphatic carbocycles. The van der Waals surface area contributed by atoms with Crippen molar-refractivity contribution in [1.82, 2.24) is 9.55 Å². The molecule has 11 rings (SSSR count). The molecular weight excluding hydrogens is 1250 g/mol. The number of aryl methyl sites for hydroxylation is 2. The molecule has 0 N–H and O–H groups in total. The maximum absolute atomic E-state index is 16.5. The fourth-order valence-corrected chi connectivity index (χ4v) is 10.6. The molecule has 0 amide bonds. The third-order valence-electron chi connectivity index (χ3n) is 14.8. The number of hydrogen-bond acceptors (Lipinski definition) is 4. The summed E-state index contributed by atoms with van der Waals surface area (Å²) in [5.41, 5.74) is -0.148. The Morgan fingerprint density at radius 3 is 1.57 bits per heavy atom. The van der Waals surface area contributed by atoms with Gasteiger partial charge in [0.05, 0.1) is 11.1 Å². The number of para-hydroxylation sites is 3. The predicted octanol–water partition coefficient (Wildman–Crippen LogP) is 19.1. The summed E-state index contributed by atoms with van der Waals surface area (Å²) in [5, 5.41) is 1.82. The van der Waals surface area contributed by atoms with Crippen LogP contribution in [0.2, 0.25) is 0 Å². The van der Waals surface area contributed by atoms with Crippen LogP contribution in [0.4, 0.5) is 66.7 Å². The van der Waals surface area contributed by atoms with Crippen molar-refractivity contribution in [1.29, 1.82) is 0 Å². The predicted molar refractivity (Wildman–Crippen MR) is 296 cm³/mol. The van der Waals surface area contributed by atoms with Gasteiger partial charge in [-0.05, 0) is 99.3 Å². The molecule has 422 valence electrons. The van der Waals surface area contributed by atoms with Crippen molar-refractivity contribution < 1.29 is 69.7 Å². The molecule has 0 fully saturated rings. The van der Waals surface area contributed by atoms with Gasteiger partial charge in [0.15, 0.2) is 46.5 Å². The SMILES string of the molecule is CCc1cccc(CC)c1-c1cc(Oc2[c-]c3c(cc2)c2ccccc2n3-c2cc(C(C)(C)C)ccn2)[c-]c(N2[CH-]N(c3c(-c4c(F)c(F)c(F)c(F)c4F)cc(C(C)(C)C)cc3-c3c(F)c(F)c(F)c(F)c3F)c3ccccc32)c1.[Pt]. The third-order valence-corrected chi connectivity index (χ3v) is 14.8. The molecule has 5 nitrogen and oxygen atoms in total. The van der Waals surface area contributed by atoms with Crippen LogP contribution in [0.3, 0.4) is 0 Å². The molecule has 0 radical (unpaired) electrons. The maximum atomic E-state index is 16.5. The number of hydrogen-bond donors (Lipinski definition) is 0. The number of nitrogens with zero attached hydrogens (tertiary/aromatic N) is 4. The smallest absolute Gasteiger partial charge is 0.200 e. The van der Waals surface area contributed by atoms with Gasteiger partial charge in [0, 0.05) is 72.5 Å². The Kier molecular flexibility index (Phi) is 15.0. The van der Waals surface area contributed by atoms with Gasteiger partial charge in [-0.15, -0.1) is 53.6 Å². The van der Waals surface area contributed by atoms with Crippen LogP contribution in [-0.2, 0) is 44.7 Å². The first-order valence-corrected chi connectivity index (χ1v) is 26.1. The molecule has 3 heterocycles. The fraction of sp³-hybridized carbons (Fsp3) is 0.182. The van der Waals surface area contributed by atoms with Crippen LogP contribution in [0.15, 0.2) is 121 Å². The van der Waals surface area contributed by atoms with Crippen molar-refractivity contribution in [3.63, 3.8) is 0 Å². The van der Waals surface area contributed by atoms with E-state index in [4.69, 9.17) is 9.72 Å². The number of rotatable bonds is 10. The number of anilines is 4. The molecule has 0 spiro atoms. The van der Waals surface area contributed by atoms with Gasteiger partial charge in [-0.2, -0.15) is 6.07 Å². The number of aromatic nitrogens is 2. The van der Waals surface area contributed by atoms with Crippen molar-refractivity contribution in [2.24, 2.45) is 0 Å². The standard InChI is InChI=1S/C66H49F10N4O.Pt/c1-9-34-16-15-17-35(10-2)51(34)36-26-39(31-41(27-36)81-40-22-23-43-42-18-11-12-19-46(42)80(49(43)32-40)50-30-37(24-25-77-50)65(3,4)5)78-33-79(48-21-14-13-20-47(48)78)64-44(52-54(67)58(71)62(75)59(72)55(52)68)28-38(66(6,7)8)29-45(64)53-56(69)60(73)63(76)61(74)57(53)70;/h11-30,33H,9-10H2,1-8H3;/q-3;. The molecule has 10 aromatic rings. The van der Waals surface area contributed by atoms with Crippen molar-refractivity contribution in [2.45, 2.75) is 79.1 Å². The van der Waals surface area contributed by atoms with E-state index in [1.165, 1.54) is 12.7 Å². The monoisotopic (exact) mass is 1300 g/mol. The molecule has 82 heavy (non-hydrogen) atoms. The molecule has 0 unspecified atom stereocenters. The molecule has 0 saturated carbocycles. The second kappa shape index (κ2) is 21.4. The summed E-state index contributed by atoms with van der Waals surface area (Å²) in [6.45, 7) is 16.4. The van der Waals surface area contributed by atoms with Gasteiger partial charge in [0.2, 0.25) is 11.6 Å². The fourth-order valence-electron chi connectivity index (χ4n) is 10.6. The Bertz CT molecular complexity index is 4050. The van der Waals surface area contributed by atoms with E-state index in [1.807, 2.05) is 85.1 Å². The van der Waals surface area contributed by atoms with Crippen LogP contribution in [-0.4, -0.2) is 9.55 Å². The molecule has 2 aromatic heterocycles. The van der Waals surface area contributed by atoms with E-state index in [1.54, 1.807) is 62.2 Å². The summed E-state index contributed by atoms with van der Waals surface area (Å²) in [6.07, 6.45) is 3.00. The van der Waals surface area contributed by atoms with E-state index < -0.39 is 91.5 Å². The summed E-state index contributed by atoms with van der Waals surface area (Å²) in [5.74, 6) is -22.5. The van der Waals surface area contributed by atoms with Crippen molar-refractivity contribution in [2.75, 3.05) is 9.80 Å². The van der Waals surface area contributed by atoms with Crippen molar-refractivity contribution in [3.05, 3.63) is 221 Å². The van der Waals surface area contributed by atoms with Crippen LogP contribution < -0.4 is 14.5 Å². The van der Waals surface area contributed by atoms with E-state index in [2.05, 4.69) is 32.9 Å². The molecule has 0 saturated heterocycles. The zero-order chi connectivity index (χ0) is 57.7. The van der Waals surface area contributed by atoms with Gasteiger partial charge in [0.25, 0.3) is 0 Å². The van der Waals surface area contributed by atoms with Crippen LogP contribution in [0.25, 0.3) is 61.0 Å². The van der Waals surface area contributed by atoms with E-state index in [0.717, 1.165) is 55.6 Å². The normalized spacial score (nSPS) is 12.7. The Morgan fingerprint density at radius 2 is 1.02 bits per heavy atom. The molecule has 0 bridgehead atoms. The Morgan fingerprint density at radius 1 is 0.500 bits per heavy atom. The Labute approximate surface area is 481 Å². The van der Waals surface area contributed by atoms with Crippen molar-refractivity contribution in [3.8, 4) is 50.7 Å². The second-order valence-corrected chi connectivity index (χ2v) is 21.9. The van der Waals surface area contributed by atoms with Gasteiger partial charge in [-0.3, -0.25) is 0 Å². The van der Waals surface area contributed by atoms with Gasteiger partial charge in [-0.25, -0.2) is 48.9 Å². The average molecular weight is 1300 g/mol. The van der Waals surface area contributed by atoms with E-state index in [9.17, 15) is 8.78 Å². The van der Waals surface area contributed by atoms with Gasteiger partial charge in [0.1, 0.15) is 5.82 Å². The summed E-state index contributed by atoms with van der Waals surface area (Å²) in [6, 6.07) is 40.5. The number of fused-ring (bicyclic) bond motifs is 4. The zero-order valence-electron chi connectivity index (χ0n) is 45.3. The topological polar surface area (TPSA) is 33.5 Å². The van der Waals surface area contributed by atoms with Crippen LogP contribution in [0.1, 0.15) is 77.6 Å². The first kappa shape index (κ1) is 57.3. The minimum absolute atomic E-state index is 0. The third kappa shape index (κ3) is 9.57. The number of halogens is 10. The molecular formula is C66H49F10N4OPt-3. The van der Waals surface area contributed by atoms with Crippen LogP contribution in [0.5, 0.6) is 11.5 Å². The quantitative estimate of drug-likeness (QED) is 0.0591. The minimum Gasteiger partial charge on any atom is -0.509 e. The number of pyridine rings is 1. The zero-order valence-corrected chi connectivity index (χ0v) is 47.6. The first-order valence-electron chi connectivity index (χ1n) is 26.1. The number of ether oxygens (including phenoxy) is 1. The molecule has 16 heteroatoms. The minimum atomic E-state index is -2.49. The van der Waals surface area contributed by atoms with E-state index in [-0.39, 0.29) is 60.6 Å². The molecule has 8 aromatic carbocycles. The van der Waals surface area contributed by atoms with Gasteiger partial charge >= 0.3 is 0 Å². The maximum Gasteiger partial charge on any atom is 0.200 e. The average Bonchev–Trinajstić information content (AvgIpc) is 3.94. The van der Waals surface area contributed by atoms with Crippen LogP contribution >= 0.6 is 0 Å². The van der Waals surface area contributed by atoms with Crippen molar-refractivity contribution >= 4 is 44.6 Å². The largest absolute Gasteiger partial charge is 0.509 e. The first-order chi connectivity index (χ1) is 38.5. The molecule has 1 aliphatic rings. The van der Waals surface area contributed by atoms with Crippen LogP contribution in [0, 0.1) is 77.0 Å². The molecule has 1 aliphatic heterocycles.